The predicted octanol–water partition coefficient (Wildman–Crippen LogP) is 3.69. The Bertz CT molecular complexity index is 1010. The molecule has 138 valence electrons. The first-order valence-corrected chi connectivity index (χ1v) is 8.44. The van der Waals surface area contributed by atoms with Gasteiger partial charge in [-0.25, -0.2) is 0 Å². The second kappa shape index (κ2) is 7.34. The van der Waals surface area contributed by atoms with E-state index in [1.807, 2.05) is 0 Å². The van der Waals surface area contributed by atoms with Crippen LogP contribution in [0.5, 0.6) is 0 Å². The van der Waals surface area contributed by atoms with Crippen molar-refractivity contribution in [3.63, 3.8) is 0 Å². The molecule has 0 aliphatic carbocycles. The predicted molar refractivity (Wildman–Crippen MR) is 101 cm³/mol. The number of nitro benzene ring substituents is 1. The number of halogens is 2. The van der Waals surface area contributed by atoms with Gasteiger partial charge in [0.15, 0.2) is 0 Å². The molecule has 2 aromatic rings. The maximum Gasteiger partial charge on any atom is 0.270 e. The van der Waals surface area contributed by atoms with Gasteiger partial charge in [0.2, 0.25) is 0 Å². The Morgan fingerprint density at radius 3 is 2.74 bits per heavy atom. The molecule has 0 saturated heterocycles. The topological polar surface area (TPSA) is 105 Å². The Morgan fingerprint density at radius 1 is 1.30 bits per heavy atom. The molecule has 0 fully saturated rings. The maximum absolute atomic E-state index is 12.3. The lowest BCUT2D eigenvalue weighted by Crippen LogP contribution is -2.29. The van der Waals surface area contributed by atoms with E-state index in [9.17, 15) is 19.7 Å². The van der Waals surface area contributed by atoms with Gasteiger partial charge in [-0.05, 0) is 30.7 Å². The van der Waals surface area contributed by atoms with Crippen molar-refractivity contribution in [2.75, 3.05) is 5.01 Å². The zero-order chi connectivity index (χ0) is 19.7. The van der Waals surface area contributed by atoms with Crippen LogP contribution in [-0.4, -0.2) is 22.6 Å². The lowest BCUT2D eigenvalue weighted by atomic mass is 10.2. The molecule has 2 amide bonds. The summed E-state index contributed by atoms with van der Waals surface area (Å²) in [5, 5.41) is 19.3. The van der Waals surface area contributed by atoms with Crippen LogP contribution in [0.15, 0.2) is 41.5 Å². The van der Waals surface area contributed by atoms with E-state index in [2.05, 4.69) is 10.4 Å². The van der Waals surface area contributed by atoms with Crippen LogP contribution in [0.25, 0.3) is 0 Å². The van der Waals surface area contributed by atoms with Gasteiger partial charge < -0.3 is 5.32 Å². The number of nitrogens with one attached hydrogen (secondary N) is 1. The number of carbonyl (C=O) groups excluding carboxylic acids is 2. The second-order valence-electron chi connectivity index (χ2n) is 5.70. The number of nitro groups is 1. The van der Waals surface area contributed by atoms with Gasteiger partial charge in [-0.3, -0.25) is 19.7 Å². The smallest absolute Gasteiger partial charge is 0.270 e. The number of benzene rings is 2. The number of carbonyl (C=O) groups is 2. The molecule has 3 rings (SSSR count). The molecular formula is C17H12Cl2N4O4. The molecule has 2 aromatic carbocycles. The van der Waals surface area contributed by atoms with Crippen molar-refractivity contribution in [1.82, 2.24) is 5.32 Å². The third-order valence-electron chi connectivity index (χ3n) is 3.88. The fourth-order valence-corrected chi connectivity index (χ4v) is 2.91. The van der Waals surface area contributed by atoms with Crippen molar-refractivity contribution in [3.05, 3.63) is 67.7 Å². The van der Waals surface area contributed by atoms with Crippen LogP contribution >= 0.6 is 23.2 Å². The van der Waals surface area contributed by atoms with E-state index in [0.717, 1.165) is 11.1 Å². The van der Waals surface area contributed by atoms with E-state index in [1.165, 1.54) is 18.2 Å². The second-order valence-corrected chi connectivity index (χ2v) is 6.48. The van der Waals surface area contributed by atoms with Gasteiger partial charge in [0, 0.05) is 22.7 Å². The molecule has 0 bridgehead atoms. The average Bonchev–Trinajstić information content (AvgIpc) is 3.00. The van der Waals surface area contributed by atoms with E-state index >= 15 is 0 Å². The Hall–Kier alpha value is -2.97. The van der Waals surface area contributed by atoms with Crippen LogP contribution < -0.4 is 10.3 Å². The fourth-order valence-electron chi connectivity index (χ4n) is 2.46. The van der Waals surface area contributed by atoms with E-state index in [1.54, 1.807) is 19.1 Å². The Morgan fingerprint density at radius 2 is 2.04 bits per heavy atom. The number of nitrogens with zero attached hydrogens (tertiary/aromatic N) is 3. The van der Waals surface area contributed by atoms with Crippen molar-refractivity contribution < 1.29 is 14.5 Å². The summed E-state index contributed by atoms with van der Waals surface area (Å²) in [4.78, 5) is 34.8. The zero-order valence-electron chi connectivity index (χ0n) is 13.9. The molecule has 0 atom stereocenters. The Balaban J connectivity index is 1.83. The first-order valence-electron chi connectivity index (χ1n) is 7.68. The van der Waals surface area contributed by atoms with Gasteiger partial charge >= 0.3 is 0 Å². The minimum Gasteiger partial charge on any atom is -0.308 e. The van der Waals surface area contributed by atoms with E-state index in [-0.39, 0.29) is 34.4 Å². The van der Waals surface area contributed by atoms with Gasteiger partial charge in [-0.15, -0.1) is 0 Å². The summed E-state index contributed by atoms with van der Waals surface area (Å²) >= 11 is 12.2. The van der Waals surface area contributed by atoms with Crippen LogP contribution in [-0.2, 0) is 4.79 Å². The maximum atomic E-state index is 12.3. The fraction of sp³-hybridized carbons (Fsp3) is 0.118. The van der Waals surface area contributed by atoms with Crippen LogP contribution in [0.1, 0.15) is 22.3 Å². The van der Waals surface area contributed by atoms with E-state index in [0.29, 0.717) is 16.3 Å². The number of amides is 2. The average molecular weight is 407 g/mol. The molecule has 0 aromatic heterocycles. The summed E-state index contributed by atoms with van der Waals surface area (Å²) in [5.74, 6) is -0.876. The van der Waals surface area contributed by atoms with E-state index < -0.39 is 10.8 Å². The van der Waals surface area contributed by atoms with Crippen LogP contribution in [0.2, 0.25) is 10.0 Å². The first kappa shape index (κ1) is 18.8. The standard InChI is InChI=1S/C17H12Cl2N4O4/c1-9-12(18)5-6-13(16(9)19)22-15(24)8-14(21-22)20-17(25)10-3-2-4-11(7-10)23(26)27/h2-7H,8H2,1H3,(H,20,21,25). The lowest BCUT2D eigenvalue weighted by Gasteiger charge is -2.15. The molecule has 1 aliphatic heterocycles. The van der Waals surface area contributed by atoms with Crippen molar-refractivity contribution >= 4 is 52.2 Å². The van der Waals surface area contributed by atoms with Crippen molar-refractivity contribution in [2.45, 2.75) is 13.3 Å². The number of anilines is 1. The quantitative estimate of drug-likeness (QED) is 0.619. The normalized spacial score (nSPS) is 13.5. The summed E-state index contributed by atoms with van der Waals surface area (Å²) in [6.07, 6.45) is -0.140. The summed E-state index contributed by atoms with van der Waals surface area (Å²) in [7, 11) is 0. The van der Waals surface area contributed by atoms with Crippen molar-refractivity contribution in [1.29, 1.82) is 0 Å². The van der Waals surface area contributed by atoms with Crippen molar-refractivity contribution in [3.8, 4) is 0 Å². The number of hydrogen-bond donors (Lipinski definition) is 1. The monoisotopic (exact) mass is 406 g/mol. The van der Waals surface area contributed by atoms with E-state index in [4.69, 9.17) is 23.2 Å². The van der Waals surface area contributed by atoms with Gasteiger partial charge in [0.1, 0.15) is 5.84 Å². The number of hydrogen-bond acceptors (Lipinski definition) is 5. The molecule has 1 heterocycles. The molecule has 27 heavy (non-hydrogen) atoms. The van der Waals surface area contributed by atoms with Gasteiger partial charge in [-0.2, -0.15) is 10.1 Å². The minimum absolute atomic E-state index is 0.0816. The molecule has 0 spiro atoms. The summed E-state index contributed by atoms with van der Waals surface area (Å²) in [6, 6.07) is 8.41. The third-order valence-corrected chi connectivity index (χ3v) is 4.77. The van der Waals surface area contributed by atoms with Crippen LogP contribution in [0.3, 0.4) is 0 Å². The molecule has 1 N–H and O–H groups in total. The molecule has 0 saturated carbocycles. The molecular weight excluding hydrogens is 395 g/mol. The summed E-state index contributed by atoms with van der Waals surface area (Å²) < 4.78 is 0. The molecule has 8 nitrogen and oxygen atoms in total. The summed E-state index contributed by atoms with van der Waals surface area (Å²) in [5.41, 5.74) is 0.825. The van der Waals surface area contributed by atoms with Gasteiger partial charge in [0.25, 0.3) is 17.5 Å². The Labute approximate surface area is 163 Å². The largest absolute Gasteiger partial charge is 0.308 e. The SMILES string of the molecule is Cc1c(Cl)ccc(N2N=C(NC(=O)c3cccc([N+](=O)[O-])c3)CC2=O)c1Cl. The highest BCUT2D eigenvalue weighted by Gasteiger charge is 2.29. The highest BCUT2D eigenvalue weighted by Crippen LogP contribution is 2.35. The number of rotatable bonds is 3. The highest BCUT2D eigenvalue weighted by molar-refractivity contribution is 6.38. The Kier molecular flexibility index (Phi) is 5.11. The minimum atomic E-state index is -0.606. The van der Waals surface area contributed by atoms with Crippen LogP contribution in [0, 0.1) is 17.0 Å². The zero-order valence-corrected chi connectivity index (χ0v) is 15.4. The third kappa shape index (κ3) is 3.76. The van der Waals surface area contributed by atoms with Gasteiger partial charge in [0.05, 0.1) is 22.1 Å². The van der Waals surface area contributed by atoms with Gasteiger partial charge in [-0.1, -0.05) is 29.3 Å². The molecule has 1 aliphatic rings. The molecule has 0 radical (unpaired) electrons. The highest BCUT2D eigenvalue weighted by atomic mass is 35.5. The number of hydrazone groups is 1. The first-order chi connectivity index (χ1) is 12.8. The number of amidine groups is 1. The van der Waals surface area contributed by atoms with Crippen LogP contribution in [0.4, 0.5) is 11.4 Å². The lowest BCUT2D eigenvalue weighted by molar-refractivity contribution is -0.384. The summed E-state index contributed by atoms with van der Waals surface area (Å²) in [6.45, 7) is 1.71. The van der Waals surface area contributed by atoms with Crippen molar-refractivity contribution in [2.24, 2.45) is 5.10 Å². The number of non-ortho nitro benzene ring substituents is 1. The molecule has 10 heteroatoms. The molecule has 0 unspecified atom stereocenters.